The van der Waals surface area contributed by atoms with Crippen LogP contribution in [-0.2, 0) is 12.8 Å². The fourth-order valence-corrected chi connectivity index (χ4v) is 1.61. The molecule has 0 aliphatic carbocycles. The van der Waals surface area contributed by atoms with Crippen molar-refractivity contribution < 1.29 is 4.52 Å². The van der Waals surface area contributed by atoms with Crippen LogP contribution in [0, 0.1) is 0 Å². The number of anilines is 1. The number of unbranched alkanes of at least 4 members (excludes halogenated alkanes) is 1. The van der Waals surface area contributed by atoms with Gasteiger partial charge < -0.3 is 10.3 Å². The van der Waals surface area contributed by atoms with Crippen molar-refractivity contribution in [2.45, 2.75) is 32.6 Å². The number of benzene rings is 1. The Labute approximate surface area is 101 Å². The van der Waals surface area contributed by atoms with Crippen LogP contribution in [0.15, 0.2) is 28.8 Å². The van der Waals surface area contributed by atoms with Crippen molar-refractivity contribution in [3.8, 4) is 0 Å². The van der Waals surface area contributed by atoms with Crippen LogP contribution in [0.5, 0.6) is 0 Å². The minimum absolute atomic E-state index is 0.666. The third-order valence-electron chi connectivity index (χ3n) is 2.60. The molecule has 0 unspecified atom stereocenters. The van der Waals surface area contributed by atoms with Crippen LogP contribution in [0.2, 0.25) is 0 Å². The Balaban J connectivity index is 1.98. The van der Waals surface area contributed by atoms with E-state index in [1.165, 1.54) is 0 Å². The van der Waals surface area contributed by atoms with E-state index in [9.17, 15) is 0 Å². The maximum absolute atomic E-state index is 5.63. The summed E-state index contributed by atoms with van der Waals surface area (Å²) in [4.78, 5) is 4.36. The summed E-state index contributed by atoms with van der Waals surface area (Å²) in [6.45, 7) is 2.15. The lowest BCUT2D eigenvalue weighted by molar-refractivity contribution is 0.379. The monoisotopic (exact) mass is 231 g/mol. The molecule has 0 atom stereocenters. The van der Waals surface area contributed by atoms with E-state index in [4.69, 9.17) is 10.3 Å². The maximum Gasteiger partial charge on any atom is 0.231 e. The second-order valence-corrected chi connectivity index (χ2v) is 4.13. The molecule has 0 fully saturated rings. The number of nitrogens with zero attached hydrogens (tertiary/aromatic N) is 2. The number of aryl methyl sites for hydroxylation is 1. The SMILES string of the molecule is CCCCc1noc(Cc2ccc(N)cc2)n1. The number of hydrogen-bond acceptors (Lipinski definition) is 4. The Bertz CT molecular complexity index is 462. The van der Waals surface area contributed by atoms with E-state index >= 15 is 0 Å². The molecule has 0 saturated carbocycles. The molecule has 2 N–H and O–H groups in total. The van der Waals surface area contributed by atoms with Gasteiger partial charge in [0.25, 0.3) is 0 Å². The Hall–Kier alpha value is -1.84. The highest BCUT2D eigenvalue weighted by molar-refractivity contribution is 5.39. The molecule has 0 radical (unpaired) electrons. The van der Waals surface area contributed by atoms with Gasteiger partial charge in [0.2, 0.25) is 5.89 Å². The molecule has 0 aliphatic heterocycles. The van der Waals surface area contributed by atoms with E-state index in [1.54, 1.807) is 0 Å². The van der Waals surface area contributed by atoms with Crippen LogP contribution in [0.3, 0.4) is 0 Å². The summed E-state index contributed by atoms with van der Waals surface area (Å²) >= 11 is 0. The van der Waals surface area contributed by atoms with Crippen molar-refractivity contribution in [3.05, 3.63) is 41.5 Å². The van der Waals surface area contributed by atoms with Crippen molar-refractivity contribution in [2.24, 2.45) is 0 Å². The lowest BCUT2D eigenvalue weighted by atomic mass is 10.1. The first-order valence-electron chi connectivity index (χ1n) is 5.94. The van der Waals surface area contributed by atoms with Gasteiger partial charge in [0, 0.05) is 12.1 Å². The van der Waals surface area contributed by atoms with Gasteiger partial charge in [-0.25, -0.2) is 0 Å². The summed E-state index contributed by atoms with van der Waals surface area (Å²) < 4.78 is 5.20. The fourth-order valence-electron chi connectivity index (χ4n) is 1.61. The highest BCUT2D eigenvalue weighted by Gasteiger charge is 2.06. The second kappa shape index (κ2) is 5.48. The van der Waals surface area contributed by atoms with Gasteiger partial charge in [-0.15, -0.1) is 0 Å². The highest BCUT2D eigenvalue weighted by Crippen LogP contribution is 2.11. The number of nitrogen functional groups attached to an aromatic ring is 1. The average molecular weight is 231 g/mol. The van der Waals surface area contributed by atoms with Crippen LogP contribution < -0.4 is 5.73 Å². The molecule has 2 aromatic rings. The first kappa shape index (κ1) is 11.6. The third kappa shape index (κ3) is 3.31. The largest absolute Gasteiger partial charge is 0.399 e. The topological polar surface area (TPSA) is 64.9 Å². The Kier molecular flexibility index (Phi) is 3.75. The molecule has 1 heterocycles. The fraction of sp³-hybridized carbons (Fsp3) is 0.385. The lowest BCUT2D eigenvalue weighted by Crippen LogP contribution is -1.91. The van der Waals surface area contributed by atoms with E-state index in [2.05, 4.69) is 17.1 Å². The molecule has 0 bridgehead atoms. The quantitative estimate of drug-likeness (QED) is 0.803. The molecular formula is C13H17N3O. The predicted octanol–water partition coefficient (Wildman–Crippen LogP) is 2.59. The first-order chi connectivity index (χ1) is 8.28. The van der Waals surface area contributed by atoms with Gasteiger partial charge in [-0.2, -0.15) is 4.98 Å². The molecule has 17 heavy (non-hydrogen) atoms. The zero-order chi connectivity index (χ0) is 12.1. The van der Waals surface area contributed by atoms with E-state index < -0.39 is 0 Å². The molecule has 4 heteroatoms. The summed E-state index contributed by atoms with van der Waals surface area (Å²) in [5, 5.41) is 3.96. The smallest absolute Gasteiger partial charge is 0.231 e. The predicted molar refractivity (Wildman–Crippen MR) is 66.6 cm³/mol. The van der Waals surface area contributed by atoms with Crippen LogP contribution in [0.1, 0.15) is 37.0 Å². The molecular weight excluding hydrogens is 214 g/mol. The van der Waals surface area contributed by atoms with Crippen molar-refractivity contribution >= 4 is 5.69 Å². The van der Waals surface area contributed by atoms with E-state index in [0.717, 1.165) is 36.3 Å². The summed E-state index contributed by atoms with van der Waals surface area (Å²) in [7, 11) is 0. The van der Waals surface area contributed by atoms with E-state index in [1.807, 2.05) is 24.3 Å². The van der Waals surface area contributed by atoms with Gasteiger partial charge in [-0.05, 0) is 24.1 Å². The van der Waals surface area contributed by atoms with Gasteiger partial charge in [0.15, 0.2) is 5.82 Å². The van der Waals surface area contributed by atoms with Crippen LogP contribution in [0.25, 0.3) is 0 Å². The molecule has 1 aromatic carbocycles. The van der Waals surface area contributed by atoms with Gasteiger partial charge in [-0.1, -0.05) is 30.6 Å². The van der Waals surface area contributed by atoms with Crippen LogP contribution in [0.4, 0.5) is 5.69 Å². The number of hydrogen-bond donors (Lipinski definition) is 1. The normalized spacial score (nSPS) is 10.6. The molecule has 2 rings (SSSR count). The van der Waals surface area contributed by atoms with Gasteiger partial charge >= 0.3 is 0 Å². The van der Waals surface area contributed by atoms with Gasteiger partial charge in [-0.3, -0.25) is 0 Å². The summed E-state index contributed by atoms with van der Waals surface area (Å²) in [6.07, 6.45) is 3.80. The number of nitrogens with two attached hydrogens (primary N) is 1. The number of rotatable bonds is 5. The van der Waals surface area contributed by atoms with Crippen molar-refractivity contribution in [3.63, 3.8) is 0 Å². The van der Waals surface area contributed by atoms with Gasteiger partial charge in [0.1, 0.15) is 0 Å². The Morgan fingerprint density at radius 3 is 2.71 bits per heavy atom. The molecule has 90 valence electrons. The van der Waals surface area contributed by atoms with Crippen molar-refractivity contribution in [2.75, 3.05) is 5.73 Å². The minimum Gasteiger partial charge on any atom is -0.399 e. The number of aromatic nitrogens is 2. The highest BCUT2D eigenvalue weighted by atomic mass is 16.5. The molecule has 4 nitrogen and oxygen atoms in total. The summed E-state index contributed by atoms with van der Waals surface area (Å²) in [5.74, 6) is 1.47. The van der Waals surface area contributed by atoms with E-state index in [-0.39, 0.29) is 0 Å². The van der Waals surface area contributed by atoms with Crippen molar-refractivity contribution in [1.29, 1.82) is 0 Å². The maximum atomic E-state index is 5.63. The Morgan fingerprint density at radius 2 is 2.00 bits per heavy atom. The van der Waals surface area contributed by atoms with Gasteiger partial charge in [0.05, 0.1) is 6.42 Å². The molecule has 1 aromatic heterocycles. The van der Waals surface area contributed by atoms with E-state index in [0.29, 0.717) is 12.3 Å². The second-order valence-electron chi connectivity index (χ2n) is 4.13. The molecule has 0 saturated heterocycles. The van der Waals surface area contributed by atoms with Crippen molar-refractivity contribution in [1.82, 2.24) is 10.1 Å². The molecule has 0 amide bonds. The Morgan fingerprint density at radius 1 is 1.24 bits per heavy atom. The zero-order valence-electron chi connectivity index (χ0n) is 10.0. The van der Waals surface area contributed by atoms with Crippen LogP contribution in [-0.4, -0.2) is 10.1 Å². The lowest BCUT2D eigenvalue weighted by Gasteiger charge is -1.97. The zero-order valence-corrected chi connectivity index (χ0v) is 10.0. The third-order valence-corrected chi connectivity index (χ3v) is 2.60. The van der Waals surface area contributed by atoms with Crippen LogP contribution >= 0.6 is 0 Å². The minimum atomic E-state index is 0.666. The summed E-state index contributed by atoms with van der Waals surface area (Å²) in [5.41, 5.74) is 7.52. The average Bonchev–Trinajstić information content (AvgIpc) is 2.77. The standard InChI is InChI=1S/C13H17N3O/c1-2-3-4-12-15-13(17-16-12)9-10-5-7-11(14)8-6-10/h5-8H,2-4,9,14H2,1H3. The summed E-state index contributed by atoms with van der Waals surface area (Å²) in [6, 6.07) is 7.71. The molecule has 0 spiro atoms. The first-order valence-corrected chi connectivity index (χ1v) is 5.94. The molecule has 0 aliphatic rings.